The second-order valence-corrected chi connectivity index (χ2v) is 8.89. The number of hydrogen-bond donors (Lipinski definition) is 0. The minimum absolute atomic E-state index is 0.140. The van der Waals surface area contributed by atoms with Gasteiger partial charge in [0.1, 0.15) is 0 Å². The first-order chi connectivity index (χ1) is 13.4. The summed E-state index contributed by atoms with van der Waals surface area (Å²) in [7, 11) is -3.60. The fourth-order valence-corrected chi connectivity index (χ4v) is 5.38. The van der Waals surface area contributed by atoms with Gasteiger partial charge in [-0.25, -0.2) is 8.42 Å². The van der Waals surface area contributed by atoms with Crippen LogP contribution < -0.4 is 4.90 Å². The number of carbonyl (C=O) groups is 1. The molecule has 1 aliphatic rings. The van der Waals surface area contributed by atoms with Crippen LogP contribution in [-0.2, 0) is 22.9 Å². The molecular formula is C22H28N2O3S. The Morgan fingerprint density at radius 1 is 1.07 bits per heavy atom. The van der Waals surface area contributed by atoms with E-state index in [4.69, 9.17) is 0 Å². The van der Waals surface area contributed by atoms with Crippen molar-refractivity contribution in [2.75, 3.05) is 24.5 Å². The quantitative estimate of drug-likeness (QED) is 0.740. The molecule has 0 aromatic heterocycles. The molecule has 3 rings (SSSR count). The number of amides is 1. The fourth-order valence-electron chi connectivity index (χ4n) is 3.88. The van der Waals surface area contributed by atoms with Gasteiger partial charge in [-0.05, 0) is 48.6 Å². The van der Waals surface area contributed by atoms with E-state index in [2.05, 4.69) is 19.1 Å². The molecule has 2 aromatic rings. The summed E-state index contributed by atoms with van der Waals surface area (Å²) < 4.78 is 27.1. The maximum Gasteiger partial charge on any atom is 0.258 e. The van der Waals surface area contributed by atoms with Crippen molar-refractivity contribution in [3.8, 4) is 0 Å². The predicted octanol–water partition coefficient (Wildman–Crippen LogP) is 3.87. The van der Waals surface area contributed by atoms with Crippen LogP contribution in [0.15, 0.2) is 47.4 Å². The predicted molar refractivity (Wildman–Crippen MR) is 112 cm³/mol. The van der Waals surface area contributed by atoms with E-state index in [0.29, 0.717) is 25.2 Å². The molecule has 0 saturated heterocycles. The summed E-state index contributed by atoms with van der Waals surface area (Å²) in [6.45, 7) is 7.16. The van der Waals surface area contributed by atoms with Gasteiger partial charge < -0.3 is 4.90 Å². The van der Waals surface area contributed by atoms with E-state index in [-0.39, 0.29) is 10.8 Å². The van der Waals surface area contributed by atoms with Crippen molar-refractivity contribution in [2.45, 2.75) is 44.9 Å². The number of hydrogen-bond acceptors (Lipinski definition) is 3. The Hall–Kier alpha value is -2.18. The number of rotatable bonds is 6. The van der Waals surface area contributed by atoms with E-state index < -0.39 is 10.0 Å². The van der Waals surface area contributed by atoms with Gasteiger partial charge in [-0.1, -0.05) is 45.0 Å². The van der Waals surface area contributed by atoms with Gasteiger partial charge in [-0.15, -0.1) is 0 Å². The van der Waals surface area contributed by atoms with E-state index in [1.807, 2.05) is 24.8 Å². The molecule has 6 heteroatoms. The first-order valence-electron chi connectivity index (χ1n) is 9.96. The van der Waals surface area contributed by atoms with Gasteiger partial charge in [0.05, 0.1) is 10.6 Å². The maximum absolute atomic E-state index is 13.3. The number of carbonyl (C=O) groups excluding carboxylic acids is 1. The first kappa shape index (κ1) is 20.6. The molecule has 1 heterocycles. The topological polar surface area (TPSA) is 57.7 Å². The largest absolute Gasteiger partial charge is 0.308 e. The molecule has 1 amide bonds. The van der Waals surface area contributed by atoms with E-state index in [1.165, 1.54) is 15.9 Å². The Morgan fingerprint density at radius 2 is 1.79 bits per heavy atom. The zero-order valence-electron chi connectivity index (χ0n) is 16.8. The van der Waals surface area contributed by atoms with Crippen molar-refractivity contribution in [1.82, 2.24) is 4.31 Å². The lowest BCUT2D eigenvalue weighted by Crippen LogP contribution is -2.36. The van der Waals surface area contributed by atoms with Crippen LogP contribution in [0.3, 0.4) is 0 Å². The third kappa shape index (κ3) is 3.71. The Bertz CT molecular complexity index is 951. The maximum atomic E-state index is 13.3. The Balaban J connectivity index is 2.00. The standard InChI is InChI=1S/C22H28N2O3S/c1-4-17-10-7-11-18-13-9-15-24(21(17)18)22(25)19-12-8-14-20(16-19)28(26,27)23(5-2)6-3/h7-8,10-12,14,16H,4-6,9,13,15H2,1-3H3. The SMILES string of the molecule is CCc1cccc2c1N(C(=O)c1cccc(S(=O)(=O)N(CC)CC)c1)CCC2. The van der Waals surface area contributed by atoms with Crippen molar-refractivity contribution in [3.63, 3.8) is 0 Å². The second kappa shape index (κ2) is 8.45. The van der Waals surface area contributed by atoms with E-state index in [0.717, 1.165) is 30.5 Å². The van der Waals surface area contributed by atoms with Gasteiger partial charge in [0, 0.05) is 25.2 Å². The number of sulfonamides is 1. The molecule has 0 radical (unpaired) electrons. The van der Waals surface area contributed by atoms with Crippen molar-refractivity contribution >= 4 is 21.6 Å². The van der Waals surface area contributed by atoms with E-state index in [1.54, 1.807) is 18.2 Å². The zero-order chi connectivity index (χ0) is 20.3. The van der Waals surface area contributed by atoms with Crippen LogP contribution in [0.2, 0.25) is 0 Å². The van der Waals surface area contributed by atoms with Crippen LogP contribution in [0, 0.1) is 0 Å². The number of nitrogens with zero attached hydrogens (tertiary/aromatic N) is 2. The summed E-state index contributed by atoms with van der Waals surface area (Å²) in [6.07, 6.45) is 2.72. The van der Waals surface area contributed by atoms with Gasteiger partial charge in [-0.3, -0.25) is 4.79 Å². The molecule has 0 spiro atoms. The Morgan fingerprint density at radius 3 is 2.46 bits per heavy atom. The lowest BCUT2D eigenvalue weighted by molar-refractivity contribution is 0.0984. The molecule has 0 unspecified atom stereocenters. The monoisotopic (exact) mass is 400 g/mol. The molecule has 150 valence electrons. The second-order valence-electron chi connectivity index (χ2n) is 6.96. The molecular weight excluding hydrogens is 372 g/mol. The Labute approximate surface area is 168 Å². The van der Waals surface area contributed by atoms with Crippen LogP contribution >= 0.6 is 0 Å². The molecule has 0 bridgehead atoms. The smallest absolute Gasteiger partial charge is 0.258 e. The van der Waals surface area contributed by atoms with Crippen LogP contribution in [-0.4, -0.2) is 38.3 Å². The minimum atomic E-state index is -3.60. The van der Waals surface area contributed by atoms with Gasteiger partial charge in [0.15, 0.2) is 0 Å². The molecule has 0 N–H and O–H groups in total. The summed E-state index contributed by atoms with van der Waals surface area (Å²) >= 11 is 0. The molecule has 5 nitrogen and oxygen atoms in total. The number of benzene rings is 2. The minimum Gasteiger partial charge on any atom is -0.308 e. The number of fused-ring (bicyclic) bond motifs is 1. The highest BCUT2D eigenvalue weighted by Gasteiger charge is 2.27. The summed E-state index contributed by atoms with van der Waals surface area (Å²) in [5, 5.41) is 0. The molecule has 0 aliphatic carbocycles. The molecule has 0 fully saturated rings. The molecule has 2 aromatic carbocycles. The van der Waals surface area contributed by atoms with Crippen LogP contribution in [0.5, 0.6) is 0 Å². The lowest BCUT2D eigenvalue weighted by Gasteiger charge is -2.32. The van der Waals surface area contributed by atoms with E-state index >= 15 is 0 Å². The summed E-state index contributed by atoms with van der Waals surface area (Å²) in [5.41, 5.74) is 3.74. The van der Waals surface area contributed by atoms with Crippen LogP contribution in [0.1, 0.15) is 48.7 Å². The van der Waals surface area contributed by atoms with Gasteiger partial charge in [-0.2, -0.15) is 4.31 Å². The summed E-state index contributed by atoms with van der Waals surface area (Å²) in [6, 6.07) is 12.6. The van der Waals surface area contributed by atoms with Gasteiger partial charge in [0.2, 0.25) is 10.0 Å². The summed E-state index contributed by atoms with van der Waals surface area (Å²) in [5.74, 6) is -0.140. The highest BCUT2D eigenvalue weighted by molar-refractivity contribution is 7.89. The van der Waals surface area contributed by atoms with Crippen molar-refractivity contribution in [2.24, 2.45) is 0 Å². The highest BCUT2D eigenvalue weighted by Crippen LogP contribution is 2.32. The molecule has 1 aliphatic heterocycles. The van der Waals surface area contributed by atoms with Crippen LogP contribution in [0.25, 0.3) is 0 Å². The summed E-state index contributed by atoms with van der Waals surface area (Å²) in [4.78, 5) is 15.3. The van der Waals surface area contributed by atoms with Gasteiger partial charge in [0.25, 0.3) is 5.91 Å². The number of anilines is 1. The van der Waals surface area contributed by atoms with Crippen molar-refractivity contribution < 1.29 is 13.2 Å². The average molecular weight is 401 g/mol. The third-order valence-corrected chi connectivity index (χ3v) is 7.40. The van der Waals surface area contributed by atoms with Crippen molar-refractivity contribution in [3.05, 3.63) is 59.2 Å². The van der Waals surface area contributed by atoms with E-state index in [9.17, 15) is 13.2 Å². The first-order valence-corrected chi connectivity index (χ1v) is 11.4. The Kier molecular flexibility index (Phi) is 6.20. The lowest BCUT2D eigenvalue weighted by atomic mass is 9.96. The van der Waals surface area contributed by atoms with Gasteiger partial charge >= 0.3 is 0 Å². The third-order valence-electron chi connectivity index (χ3n) is 5.35. The molecule has 0 saturated carbocycles. The zero-order valence-corrected chi connectivity index (χ0v) is 17.6. The molecule has 28 heavy (non-hydrogen) atoms. The number of aryl methyl sites for hydroxylation is 2. The van der Waals surface area contributed by atoms with Crippen molar-refractivity contribution in [1.29, 1.82) is 0 Å². The average Bonchev–Trinajstić information content (AvgIpc) is 2.73. The number of para-hydroxylation sites is 1. The molecule has 0 atom stereocenters. The van der Waals surface area contributed by atoms with Crippen LogP contribution in [0.4, 0.5) is 5.69 Å². The normalized spacial score (nSPS) is 14.2. The fraction of sp³-hybridized carbons (Fsp3) is 0.409. The highest BCUT2D eigenvalue weighted by atomic mass is 32.2.